The zero-order valence-corrected chi connectivity index (χ0v) is 10.1. The van der Waals surface area contributed by atoms with Crippen LogP contribution in [0.5, 0.6) is 0 Å². The Hall–Kier alpha value is -0.570. The Morgan fingerprint density at radius 1 is 1.47 bits per heavy atom. The maximum Gasteiger partial charge on any atom is 0.224 e. The van der Waals surface area contributed by atoms with Gasteiger partial charge in [0.2, 0.25) is 5.91 Å². The van der Waals surface area contributed by atoms with E-state index in [1.165, 1.54) is 12.8 Å². The zero-order chi connectivity index (χ0) is 11.4. The van der Waals surface area contributed by atoms with Crippen LogP contribution >= 0.6 is 0 Å². The Kier molecular flexibility index (Phi) is 4.58. The molecule has 0 aromatic heterocycles. The molecule has 0 bridgehead atoms. The molecule has 3 nitrogen and oxygen atoms in total. The van der Waals surface area contributed by atoms with Gasteiger partial charge >= 0.3 is 0 Å². The average Bonchev–Trinajstić information content (AvgIpc) is 2.52. The van der Waals surface area contributed by atoms with E-state index in [4.69, 9.17) is 5.73 Å². The van der Waals surface area contributed by atoms with Crippen molar-refractivity contribution < 1.29 is 4.79 Å². The Morgan fingerprint density at radius 2 is 2.13 bits per heavy atom. The van der Waals surface area contributed by atoms with Gasteiger partial charge in [-0.1, -0.05) is 27.2 Å². The molecule has 3 unspecified atom stereocenters. The monoisotopic (exact) mass is 212 g/mol. The largest absolute Gasteiger partial charge is 0.353 e. The van der Waals surface area contributed by atoms with E-state index in [2.05, 4.69) is 26.1 Å². The van der Waals surface area contributed by atoms with E-state index in [1.54, 1.807) is 0 Å². The van der Waals surface area contributed by atoms with Gasteiger partial charge in [-0.05, 0) is 24.7 Å². The first kappa shape index (κ1) is 12.5. The van der Waals surface area contributed by atoms with E-state index in [9.17, 15) is 4.79 Å². The fourth-order valence-electron chi connectivity index (χ4n) is 2.33. The molecule has 0 aromatic rings. The molecule has 0 aromatic carbocycles. The second-order valence-corrected chi connectivity index (χ2v) is 5.11. The minimum Gasteiger partial charge on any atom is -0.353 e. The van der Waals surface area contributed by atoms with Crippen LogP contribution in [0, 0.1) is 17.8 Å². The van der Waals surface area contributed by atoms with Crippen molar-refractivity contribution in [2.75, 3.05) is 6.54 Å². The van der Waals surface area contributed by atoms with Crippen molar-refractivity contribution in [2.45, 2.75) is 46.1 Å². The van der Waals surface area contributed by atoms with E-state index < -0.39 is 0 Å². The number of nitrogens with one attached hydrogen (secondary N) is 1. The topological polar surface area (TPSA) is 55.1 Å². The van der Waals surface area contributed by atoms with Crippen LogP contribution in [0.4, 0.5) is 0 Å². The normalized spacial score (nSPS) is 28.1. The summed E-state index contributed by atoms with van der Waals surface area (Å²) in [4.78, 5) is 11.9. The number of carbonyl (C=O) groups is 1. The Bertz CT molecular complexity index is 216. The van der Waals surface area contributed by atoms with Crippen molar-refractivity contribution in [3.05, 3.63) is 0 Å². The number of nitrogens with two attached hydrogens (primary N) is 1. The van der Waals surface area contributed by atoms with E-state index in [0.29, 0.717) is 24.4 Å². The van der Waals surface area contributed by atoms with Crippen LogP contribution in [0.25, 0.3) is 0 Å². The van der Waals surface area contributed by atoms with Gasteiger partial charge in [0, 0.05) is 12.6 Å². The van der Waals surface area contributed by atoms with Crippen molar-refractivity contribution in [2.24, 2.45) is 23.5 Å². The molecule has 0 spiro atoms. The summed E-state index contributed by atoms with van der Waals surface area (Å²) >= 11 is 0. The van der Waals surface area contributed by atoms with Crippen LogP contribution in [-0.4, -0.2) is 18.5 Å². The first-order valence-electron chi connectivity index (χ1n) is 6.06. The number of hydrogen-bond donors (Lipinski definition) is 2. The Morgan fingerprint density at radius 3 is 2.53 bits per heavy atom. The molecule has 0 heterocycles. The van der Waals surface area contributed by atoms with Crippen LogP contribution in [0.2, 0.25) is 0 Å². The lowest BCUT2D eigenvalue weighted by atomic mass is 9.94. The highest BCUT2D eigenvalue weighted by Gasteiger charge is 2.28. The number of rotatable bonds is 4. The lowest BCUT2D eigenvalue weighted by Crippen LogP contribution is -2.44. The third-order valence-corrected chi connectivity index (χ3v) is 3.58. The molecule has 1 saturated carbocycles. The van der Waals surface area contributed by atoms with Crippen LogP contribution in [0.1, 0.15) is 40.0 Å². The minimum absolute atomic E-state index is 0.0298. The van der Waals surface area contributed by atoms with E-state index in [1.807, 2.05) is 0 Å². The van der Waals surface area contributed by atoms with Gasteiger partial charge in [0.15, 0.2) is 0 Å². The summed E-state index contributed by atoms with van der Waals surface area (Å²) in [5.74, 6) is 1.07. The predicted molar refractivity (Wildman–Crippen MR) is 62.3 cm³/mol. The first-order chi connectivity index (χ1) is 7.06. The smallest absolute Gasteiger partial charge is 0.224 e. The fraction of sp³-hybridized carbons (Fsp3) is 0.917. The van der Waals surface area contributed by atoms with Gasteiger partial charge in [-0.15, -0.1) is 0 Å². The highest BCUT2D eigenvalue weighted by Crippen LogP contribution is 2.25. The molecule has 1 aliphatic rings. The van der Waals surface area contributed by atoms with Crippen LogP contribution in [-0.2, 0) is 4.79 Å². The Labute approximate surface area is 92.8 Å². The molecule has 0 radical (unpaired) electrons. The molecule has 88 valence electrons. The van der Waals surface area contributed by atoms with E-state index >= 15 is 0 Å². The van der Waals surface area contributed by atoms with Crippen molar-refractivity contribution in [3.63, 3.8) is 0 Å². The fourth-order valence-corrected chi connectivity index (χ4v) is 2.33. The van der Waals surface area contributed by atoms with Crippen LogP contribution in [0.15, 0.2) is 0 Å². The van der Waals surface area contributed by atoms with E-state index in [0.717, 1.165) is 6.42 Å². The molecule has 3 heteroatoms. The summed E-state index contributed by atoms with van der Waals surface area (Å²) in [6.07, 6.45) is 3.60. The van der Waals surface area contributed by atoms with Gasteiger partial charge < -0.3 is 11.1 Å². The number of amides is 1. The molecule has 3 N–H and O–H groups in total. The quantitative estimate of drug-likeness (QED) is 0.742. The summed E-state index contributed by atoms with van der Waals surface area (Å²) in [5.41, 5.74) is 5.62. The molecular formula is C12H24N2O. The average molecular weight is 212 g/mol. The van der Waals surface area contributed by atoms with Crippen molar-refractivity contribution >= 4 is 5.91 Å². The molecule has 1 amide bonds. The van der Waals surface area contributed by atoms with Crippen molar-refractivity contribution in [1.82, 2.24) is 5.32 Å². The van der Waals surface area contributed by atoms with Gasteiger partial charge in [0.05, 0.1) is 5.92 Å². The molecular weight excluding hydrogens is 188 g/mol. The summed E-state index contributed by atoms with van der Waals surface area (Å²) in [6.45, 7) is 6.76. The summed E-state index contributed by atoms with van der Waals surface area (Å²) in [6, 6.07) is 0.380. The number of carbonyl (C=O) groups excluding carboxylic acids is 1. The lowest BCUT2D eigenvalue weighted by Gasteiger charge is -2.23. The first-order valence-corrected chi connectivity index (χ1v) is 6.06. The molecule has 0 aliphatic heterocycles. The third-order valence-electron chi connectivity index (χ3n) is 3.58. The van der Waals surface area contributed by atoms with Gasteiger partial charge in [0.1, 0.15) is 0 Å². The summed E-state index contributed by atoms with van der Waals surface area (Å²) in [5, 5.41) is 3.14. The van der Waals surface area contributed by atoms with Gasteiger partial charge in [-0.2, -0.15) is 0 Å². The highest BCUT2D eigenvalue weighted by atomic mass is 16.2. The highest BCUT2D eigenvalue weighted by molar-refractivity contribution is 5.79. The van der Waals surface area contributed by atoms with Gasteiger partial charge in [0.25, 0.3) is 0 Å². The second kappa shape index (κ2) is 5.50. The van der Waals surface area contributed by atoms with Crippen LogP contribution < -0.4 is 11.1 Å². The maximum absolute atomic E-state index is 11.9. The van der Waals surface area contributed by atoms with Gasteiger partial charge in [-0.25, -0.2) is 0 Å². The van der Waals surface area contributed by atoms with Crippen molar-refractivity contribution in [1.29, 1.82) is 0 Å². The predicted octanol–water partition coefficient (Wildman–Crippen LogP) is 1.52. The molecule has 1 fully saturated rings. The zero-order valence-electron chi connectivity index (χ0n) is 10.1. The second-order valence-electron chi connectivity index (χ2n) is 5.11. The van der Waals surface area contributed by atoms with Crippen molar-refractivity contribution in [3.8, 4) is 0 Å². The molecule has 15 heavy (non-hydrogen) atoms. The number of hydrogen-bond acceptors (Lipinski definition) is 2. The third kappa shape index (κ3) is 3.20. The summed E-state index contributed by atoms with van der Waals surface area (Å²) in [7, 11) is 0. The van der Waals surface area contributed by atoms with E-state index in [-0.39, 0.29) is 11.8 Å². The minimum atomic E-state index is -0.0298. The van der Waals surface area contributed by atoms with Crippen LogP contribution in [0.3, 0.4) is 0 Å². The SMILES string of the molecule is CC(C)C(CN)C(=O)NC1CCCC1C. The lowest BCUT2D eigenvalue weighted by molar-refractivity contribution is -0.126. The molecule has 0 saturated heterocycles. The molecule has 3 atom stereocenters. The Balaban J connectivity index is 2.46. The van der Waals surface area contributed by atoms with Gasteiger partial charge in [-0.3, -0.25) is 4.79 Å². The maximum atomic E-state index is 11.9. The standard InChI is InChI=1S/C12H24N2O/c1-8(2)10(7-13)12(15)14-11-6-4-5-9(11)3/h8-11H,4-7,13H2,1-3H3,(H,14,15). The molecule has 1 aliphatic carbocycles. The summed E-state index contributed by atoms with van der Waals surface area (Å²) < 4.78 is 0. The molecule has 1 rings (SSSR count).